The number of aromatic hydroxyl groups is 1. The molecule has 0 radical (unpaired) electrons. The SMILES string of the molecule is COc1cccc(NC(=O)[C@@H](Cc2ccc(O)c(OC)c2)c2nn[nH]n2)c1. The number of hydrogen-bond donors (Lipinski definition) is 3. The van der Waals surface area contributed by atoms with E-state index in [-0.39, 0.29) is 17.5 Å². The van der Waals surface area contributed by atoms with E-state index in [0.717, 1.165) is 5.56 Å². The van der Waals surface area contributed by atoms with E-state index in [2.05, 4.69) is 25.9 Å². The molecule has 9 nitrogen and oxygen atoms in total. The van der Waals surface area contributed by atoms with Crippen LogP contribution in [0.1, 0.15) is 17.3 Å². The summed E-state index contributed by atoms with van der Waals surface area (Å²) in [6, 6.07) is 11.9. The summed E-state index contributed by atoms with van der Waals surface area (Å²) in [5.74, 6) is 0.265. The van der Waals surface area contributed by atoms with Crippen molar-refractivity contribution in [1.29, 1.82) is 0 Å². The van der Waals surface area contributed by atoms with E-state index >= 15 is 0 Å². The Bertz CT molecular complexity index is 914. The number of aromatic amines is 1. The quantitative estimate of drug-likeness (QED) is 0.581. The van der Waals surface area contributed by atoms with Crippen LogP contribution in [-0.2, 0) is 11.2 Å². The summed E-state index contributed by atoms with van der Waals surface area (Å²) in [5, 5.41) is 26.4. The Hall–Kier alpha value is -3.62. The molecule has 0 bridgehead atoms. The molecular formula is C18H19N5O4. The van der Waals surface area contributed by atoms with Gasteiger partial charge in [0.1, 0.15) is 11.7 Å². The number of rotatable bonds is 7. The highest BCUT2D eigenvalue weighted by Gasteiger charge is 2.26. The van der Waals surface area contributed by atoms with Gasteiger partial charge in [-0.25, -0.2) is 0 Å². The van der Waals surface area contributed by atoms with Crippen molar-refractivity contribution in [2.24, 2.45) is 0 Å². The first-order chi connectivity index (χ1) is 13.1. The Morgan fingerprint density at radius 1 is 1.22 bits per heavy atom. The summed E-state index contributed by atoms with van der Waals surface area (Å²) in [6.45, 7) is 0. The Balaban J connectivity index is 1.84. The number of amides is 1. The van der Waals surface area contributed by atoms with Crippen LogP contribution in [0.25, 0.3) is 0 Å². The standard InChI is InChI=1S/C18H19N5O4/c1-26-13-5-3-4-12(10-13)19-18(25)14(17-20-22-23-21-17)8-11-6-7-15(24)16(9-11)27-2/h3-7,9-10,14,24H,8H2,1-2H3,(H,19,25)(H,20,21,22,23)/t14-/m0/s1. The van der Waals surface area contributed by atoms with E-state index in [4.69, 9.17) is 9.47 Å². The van der Waals surface area contributed by atoms with Crippen LogP contribution >= 0.6 is 0 Å². The van der Waals surface area contributed by atoms with Gasteiger partial charge in [0.15, 0.2) is 17.3 Å². The van der Waals surface area contributed by atoms with Crippen molar-refractivity contribution in [2.75, 3.05) is 19.5 Å². The molecule has 0 saturated heterocycles. The Morgan fingerprint density at radius 3 is 2.78 bits per heavy atom. The van der Waals surface area contributed by atoms with E-state index < -0.39 is 5.92 Å². The number of phenolic OH excluding ortho intramolecular Hbond substituents is 1. The molecule has 1 amide bonds. The van der Waals surface area contributed by atoms with Gasteiger partial charge in [0.25, 0.3) is 0 Å². The Kier molecular flexibility index (Phi) is 5.50. The molecule has 0 spiro atoms. The van der Waals surface area contributed by atoms with E-state index in [1.807, 2.05) is 0 Å². The minimum atomic E-state index is -0.691. The van der Waals surface area contributed by atoms with Gasteiger partial charge in [-0.3, -0.25) is 4.79 Å². The van der Waals surface area contributed by atoms with Gasteiger partial charge in [0, 0.05) is 11.8 Å². The molecule has 0 unspecified atom stereocenters. The second-order valence-electron chi connectivity index (χ2n) is 5.75. The number of tetrazole rings is 1. The number of aromatic nitrogens is 4. The third kappa shape index (κ3) is 4.32. The lowest BCUT2D eigenvalue weighted by Crippen LogP contribution is -2.24. The molecule has 1 heterocycles. The molecule has 0 aliphatic rings. The van der Waals surface area contributed by atoms with E-state index in [1.165, 1.54) is 13.2 Å². The monoisotopic (exact) mass is 369 g/mol. The van der Waals surface area contributed by atoms with Crippen molar-refractivity contribution in [2.45, 2.75) is 12.3 Å². The van der Waals surface area contributed by atoms with Gasteiger partial charge in [0.2, 0.25) is 5.91 Å². The smallest absolute Gasteiger partial charge is 0.235 e. The summed E-state index contributed by atoms with van der Waals surface area (Å²) >= 11 is 0. The second-order valence-corrected chi connectivity index (χ2v) is 5.75. The number of carbonyl (C=O) groups excluding carboxylic acids is 1. The largest absolute Gasteiger partial charge is 0.504 e. The molecule has 0 aliphatic carbocycles. The highest BCUT2D eigenvalue weighted by atomic mass is 16.5. The fourth-order valence-corrected chi connectivity index (χ4v) is 2.63. The molecule has 3 N–H and O–H groups in total. The predicted molar refractivity (Wildman–Crippen MR) is 96.9 cm³/mol. The summed E-state index contributed by atoms with van der Waals surface area (Å²) in [7, 11) is 3.02. The van der Waals surface area contributed by atoms with E-state index in [1.54, 1.807) is 43.5 Å². The number of benzene rings is 2. The number of anilines is 1. The Morgan fingerprint density at radius 2 is 2.07 bits per heavy atom. The summed E-state index contributed by atoms with van der Waals surface area (Å²) in [6.07, 6.45) is 0.298. The van der Waals surface area contributed by atoms with Gasteiger partial charge < -0.3 is 19.9 Å². The van der Waals surface area contributed by atoms with Crippen molar-refractivity contribution in [1.82, 2.24) is 20.6 Å². The van der Waals surface area contributed by atoms with Crippen LogP contribution in [0.4, 0.5) is 5.69 Å². The molecule has 9 heteroatoms. The lowest BCUT2D eigenvalue weighted by Gasteiger charge is -2.15. The third-order valence-electron chi connectivity index (χ3n) is 4.01. The molecule has 3 rings (SSSR count). The van der Waals surface area contributed by atoms with Crippen LogP contribution in [-0.4, -0.2) is 45.9 Å². The third-order valence-corrected chi connectivity index (χ3v) is 4.01. The van der Waals surface area contributed by atoms with Gasteiger partial charge >= 0.3 is 0 Å². The number of methoxy groups -OCH3 is 2. The zero-order valence-corrected chi connectivity index (χ0v) is 14.8. The number of nitrogens with zero attached hydrogens (tertiary/aromatic N) is 3. The fraction of sp³-hybridized carbons (Fsp3) is 0.222. The average molecular weight is 369 g/mol. The molecule has 140 valence electrons. The number of H-pyrrole nitrogens is 1. The Labute approximate surface area is 155 Å². The van der Waals surface area contributed by atoms with Crippen LogP contribution in [0, 0.1) is 0 Å². The van der Waals surface area contributed by atoms with Crippen molar-refractivity contribution < 1.29 is 19.4 Å². The predicted octanol–water partition coefficient (Wildman–Crippen LogP) is 1.89. The summed E-state index contributed by atoms with van der Waals surface area (Å²) in [4.78, 5) is 12.9. The molecule has 27 heavy (non-hydrogen) atoms. The van der Waals surface area contributed by atoms with Crippen molar-refractivity contribution >= 4 is 11.6 Å². The topological polar surface area (TPSA) is 122 Å². The number of hydrogen-bond acceptors (Lipinski definition) is 7. The molecule has 0 aliphatic heterocycles. The first-order valence-electron chi connectivity index (χ1n) is 8.15. The number of phenols is 1. The van der Waals surface area contributed by atoms with Gasteiger partial charge in [-0.05, 0) is 36.2 Å². The maximum absolute atomic E-state index is 12.9. The lowest BCUT2D eigenvalue weighted by molar-refractivity contribution is -0.117. The van der Waals surface area contributed by atoms with Crippen LogP contribution < -0.4 is 14.8 Å². The van der Waals surface area contributed by atoms with Gasteiger partial charge in [0.05, 0.1) is 14.2 Å². The van der Waals surface area contributed by atoms with E-state index in [9.17, 15) is 9.90 Å². The summed E-state index contributed by atoms with van der Waals surface area (Å²) in [5.41, 5.74) is 1.37. The molecule has 2 aromatic carbocycles. The normalized spacial score (nSPS) is 11.6. The fourth-order valence-electron chi connectivity index (χ4n) is 2.63. The van der Waals surface area contributed by atoms with Gasteiger partial charge in [-0.2, -0.15) is 5.21 Å². The molecule has 1 aromatic heterocycles. The van der Waals surface area contributed by atoms with E-state index in [0.29, 0.717) is 23.6 Å². The molecule has 0 fully saturated rings. The first kappa shape index (κ1) is 18.2. The lowest BCUT2D eigenvalue weighted by atomic mass is 9.97. The minimum Gasteiger partial charge on any atom is -0.504 e. The molecule has 0 saturated carbocycles. The van der Waals surface area contributed by atoms with Crippen LogP contribution in [0.5, 0.6) is 17.2 Å². The maximum Gasteiger partial charge on any atom is 0.235 e. The first-order valence-corrected chi connectivity index (χ1v) is 8.15. The maximum atomic E-state index is 12.9. The van der Waals surface area contributed by atoms with Crippen LogP contribution in [0.3, 0.4) is 0 Å². The molecule has 1 atom stereocenters. The van der Waals surface area contributed by atoms with Crippen molar-refractivity contribution in [3.05, 3.63) is 53.9 Å². The van der Waals surface area contributed by atoms with Gasteiger partial charge in [-0.1, -0.05) is 17.3 Å². The average Bonchev–Trinajstić information content (AvgIpc) is 3.21. The molecular weight excluding hydrogens is 350 g/mol. The molecule has 3 aromatic rings. The highest BCUT2D eigenvalue weighted by molar-refractivity contribution is 5.95. The van der Waals surface area contributed by atoms with Crippen LogP contribution in [0.15, 0.2) is 42.5 Å². The number of carbonyl (C=O) groups is 1. The van der Waals surface area contributed by atoms with Crippen molar-refractivity contribution in [3.63, 3.8) is 0 Å². The second kappa shape index (κ2) is 8.17. The van der Waals surface area contributed by atoms with Gasteiger partial charge in [-0.15, -0.1) is 10.2 Å². The number of ether oxygens (including phenoxy) is 2. The zero-order valence-electron chi connectivity index (χ0n) is 14.8. The highest BCUT2D eigenvalue weighted by Crippen LogP contribution is 2.29. The van der Waals surface area contributed by atoms with Crippen LogP contribution in [0.2, 0.25) is 0 Å². The zero-order chi connectivity index (χ0) is 19.2. The summed E-state index contributed by atoms with van der Waals surface area (Å²) < 4.78 is 10.3. The van der Waals surface area contributed by atoms with Crippen molar-refractivity contribution in [3.8, 4) is 17.2 Å². The minimum absolute atomic E-state index is 0.0261. The number of nitrogens with one attached hydrogen (secondary N) is 2.